The standard InChI is InChI=1S/C17H12F2N2O5/c18-12-5-10-15(14(19)9(12)6-13(22)26-4-3-20)21(8-1-2-8)7-11(16(10)23)17(24)25/h5,7-8H,1-2,4,6H2,(H,24,25). The number of carbonyl (C=O) groups is 2. The number of hydrogen-bond acceptors (Lipinski definition) is 5. The van der Waals surface area contributed by atoms with Crippen molar-refractivity contribution in [3.8, 4) is 6.07 Å². The first-order valence-corrected chi connectivity index (χ1v) is 7.66. The van der Waals surface area contributed by atoms with E-state index in [9.17, 15) is 23.2 Å². The van der Waals surface area contributed by atoms with E-state index in [1.165, 1.54) is 4.57 Å². The monoisotopic (exact) mass is 362 g/mol. The van der Waals surface area contributed by atoms with Gasteiger partial charge in [-0.15, -0.1) is 0 Å². The predicted molar refractivity (Wildman–Crippen MR) is 83.6 cm³/mol. The van der Waals surface area contributed by atoms with Gasteiger partial charge >= 0.3 is 11.9 Å². The molecule has 1 aliphatic carbocycles. The van der Waals surface area contributed by atoms with Crippen LogP contribution in [0.2, 0.25) is 0 Å². The largest absolute Gasteiger partial charge is 0.477 e. The van der Waals surface area contributed by atoms with E-state index in [1.54, 1.807) is 6.07 Å². The second-order valence-electron chi connectivity index (χ2n) is 5.86. The number of esters is 1. The van der Waals surface area contributed by atoms with E-state index in [0.29, 0.717) is 12.8 Å². The molecule has 0 aliphatic heterocycles. The van der Waals surface area contributed by atoms with E-state index >= 15 is 0 Å². The molecule has 0 amide bonds. The second kappa shape index (κ2) is 6.55. The first-order chi connectivity index (χ1) is 12.3. The van der Waals surface area contributed by atoms with Crippen molar-refractivity contribution in [1.29, 1.82) is 5.26 Å². The Labute approximate surface area is 145 Å². The van der Waals surface area contributed by atoms with Gasteiger partial charge in [0, 0.05) is 17.8 Å². The number of halogens is 2. The minimum absolute atomic E-state index is 0.199. The minimum atomic E-state index is -1.49. The Hall–Kier alpha value is -3.28. The number of aromatic nitrogens is 1. The number of aromatic carboxylic acids is 1. The molecule has 134 valence electrons. The number of carboxylic acids is 1. The molecule has 0 unspecified atom stereocenters. The molecule has 3 rings (SSSR count). The maximum absolute atomic E-state index is 15.0. The fourth-order valence-electron chi connectivity index (χ4n) is 2.74. The summed E-state index contributed by atoms with van der Waals surface area (Å²) in [7, 11) is 0. The minimum Gasteiger partial charge on any atom is -0.477 e. The first-order valence-electron chi connectivity index (χ1n) is 7.66. The highest BCUT2D eigenvalue weighted by atomic mass is 19.1. The highest BCUT2D eigenvalue weighted by molar-refractivity contribution is 5.93. The van der Waals surface area contributed by atoms with E-state index in [1.807, 2.05) is 0 Å². The number of pyridine rings is 1. The van der Waals surface area contributed by atoms with E-state index in [-0.39, 0.29) is 11.6 Å². The molecule has 1 aromatic heterocycles. The van der Waals surface area contributed by atoms with Gasteiger partial charge in [0.25, 0.3) is 0 Å². The Bertz CT molecular complexity index is 1030. The normalized spacial score (nSPS) is 13.4. The quantitative estimate of drug-likeness (QED) is 0.814. The summed E-state index contributed by atoms with van der Waals surface area (Å²) in [5, 5.41) is 17.1. The van der Waals surface area contributed by atoms with Gasteiger partial charge in [0.05, 0.1) is 17.3 Å². The van der Waals surface area contributed by atoms with Gasteiger partial charge in [-0.25, -0.2) is 13.6 Å². The number of benzene rings is 1. The van der Waals surface area contributed by atoms with Crippen LogP contribution < -0.4 is 5.43 Å². The van der Waals surface area contributed by atoms with Crippen LogP contribution in [-0.4, -0.2) is 28.2 Å². The topological polar surface area (TPSA) is 109 Å². The number of nitriles is 1. The third kappa shape index (κ3) is 3.01. The fraction of sp³-hybridized carbons (Fsp3) is 0.294. The SMILES string of the molecule is N#CCOC(=O)Cc1c(F)cc2c(=O)c(C(=O)O)cn(C3CC3)c2c1F. The maximum atomic E-state index is 15.0. The Morgan fingerprint density at radius 2 is 2.08 bits per heavy atom. The van der Waals surface area contributed by atoms with Crippen molar-refractivity contribution in [2.45, 2.75) is 25.3 Å². The Kier molecular flexibility index (Phi) is 4.42. The molecule has 7 nitrogen and oxygen atoms in total. The van der Waals surface area contributed by atoms with Crippen molar-refractivity contribution in [3.63, 3.8) is 0 Å². The molecule has 0 atom stereocenters. The number of carbonyl (C=O) groups excluding carboxylic acids is 1. The number of nitrogens with zero attached hydrogens (tertiary/aromatic N) is 2. The zero-order chi connectivity index (χ0) is 19.0. The zero-order valence-electron chi connectivity index (χ0n) is 13.3. The molecule has 0 radical (unpaired) electrons. The number of carboxylic acid groups (broad SMARTS) is 1. The molecule has 26 heavy (non-hydrogen) atoms. The van der Waals surface area contributed by atoms with Crippen molar-refractivity contribution >= 4 is 22.8 Å². The van der Waals surface area contributed by atoms with Crippen LogP contribution in [0, 0.1) is 23.0 Å². The number of hydrogen-bond donors (Lipinski definition) is 1. The van der Waals surface area contributed by atoms with E-state index in [0.717, 1.165) is 12.3 Å². The van der Waals surface area contributed by atoms with Crippen molar-refractivity contribution in [1.82, 2.24) is 4.57 Å². The van der Waals surface area contributed by atoms with Gasteiger partial charge < -0.3 is 14.4 Å². The van der Waals surface area contributed by atoms with Gasteiger partial charge in [-0.1, -0.05) is 0 Å². The van der Waals surface area contributed by atoms with Gasteiger partial charge in [0.1, 0.15) is 17.4 Å². The molecule has 0 bridgehead atoms. The van der Waals surface area contributed by atoms with Gasteiger partial charge in [-0.2, -0.15) is 5.26 Å². The van der Waals surface area contributed by atoms with E-state index in [2.05, 4.69) is 4.74 Å². The van der Waals surface area contributed by atoms with Gasteiger partial charge in [-0.05, 0) is 18.9 Å². The van der Waals surface area contributed by atoms with Crippen molar-refractivity contribution in [2.75, 3.05) is 6.61 Å². The van der Waals surface area contributed by atoms with Gasteiger partial charge in [0.2, 0.25) is 5.43 Å². The summed E-state index contributed by atoms with van der Waals surface area (Å²) in [5.74, 6) is -4.76. The molecule has 1 aromatic carbocycles. The second-order valence-corrected chi connectivity index (χ2v) is 5.86. The molecule has 0 spiro atoms. The van der Waals surface area contributed by atoms with E-state index < -0.39 is 58.5 Å². The third-order valence-electron chi connectivity index (χ3n) is 4.09. The molecule has 1 aliphatic rings. The molecule has 0 saturated heterocycles. The molecule has 1 heterocycles. The number of rotatable bonds is 5. The smallest absolute Gasteiger partial charge is 0.341 e. The Morgan fingerprint density at radius 1 is 1.38 bits per heavy atom. The average Bonchev–Trinajstić information content (AvgIpc) is 3.42. The van der Waals surface area contributed by atoms with Crippen LogP contribution in [0.1, 0.15) is 34.8 Å². The van der Waals surface area contributed by atoms with Gasteiger partial charge in [0.15, 0.2) is 12.4 Å². The van der Waals surface area contributed by atoms with Crippen molar-refractivity contribution < 1.29 is 28.2 Å². The van der Waals surface area contributed by atoms with Crippen LogP contribution in [0.3, 0.4) is 0 Å². The summed E-state index contributed by atoms with van der Waals surface area (Å²) in [5.41, 5.74) is -2.42. The molecule has 1 saturated carbocycles. The summed E-state index contributed by atoms with van der Waals surface area (Å²) in [6.45, 7) is -0.551. The van der Waals surface area contributed by atoms with Crippen LogP contribution in [-0.2, 0) is 16.0 Å². The molecule has 2 aromatic rings. The van der Waals surface area contributed by atoms with Crippen molar-refractivity contribution in [2.24, 2.45) is 0 Å². The number of ether oxygens (including phenoxy) is 1. The number of fused-ring (bicyclic) bond motifs is 1. The van der Waals surface area contributed by atoms with Gasteiger partial charge in [-0.3, -0.25) is 9.59 Å². The summed E-state index contributed by atoms with van der Waals surface area (Å²) < 4.78 is 35.1. The molecular formula is C17H12F2N2O5. The van der Waals surface area contributed by atoms with Crippen LogP contribution in [0.4, 0.5) is 8.78 Å². The summed E-state index contributed by atoms with van der Waals surface area (Å²) >= 11 is 0. The zero-order valence-corrected chi connectivity index (χ0v) is 13.3. The summed E-state index contributed by atoms with van der Waals surface area (Å²) in [6.07, 6.45) is 1.61. The first kappa shape index (κ1) is 17.5. The van der Waals surface area contributed by atoms with Crippen molar-refractivity contribution in [3.05, 3.63) is 45.2 Å². The lowest BCUT2D eigenvalue weighted by Gasteiger charge is -2.15. The van der Waals surface area contributed by atoms with Crippen LogP contribution in [0.5, 0.6) is 0 Å². The van der Waals surface area contributed by atoms with Crippen LogP contribution >= 0.6 is 0 Å². The highest BCUT2D eigenvalue weighted by Crippen LogP contribution is 2.38. The van der Waals surface area contributed by atoms with E-state index in [4.69, 9.17) is 10.4 Å². The summed E-state index contributed by atoms with van der Waals surface area (Å²) in [4.78, 5) is 35.1. The lowest BCUT2D eigenvalue weighted by atomic mass is 10.0. The lowest BCUT2D eigenvalue weighted by Crippen LogP contribution is -2.21. The molecule has 9 heteroatoms. The maximum Gasteiger partial charge on any atom is 0.341 e. The Morgan fingerprint density at radius 3 is 2.65 bits per heavy atom. The Balaban J connectivity index is 2.22. The fourth-order valence-corrected chi connectivity index (χ4v) is 2.74. The van der Waals surface area contributed by atoms with Crippen LogP contribution in [0.25, 0.3) is 10.9 Å². The average molecular weight is 362 g/mol. The third-order valence-corrected chi connectivity index (χ3v) is 4.09. The van der Waals surface area contributed by atoms with Crippen LogP contribution in [0.15, 0.2) is 17.1 Å². The lowest BCUT2D eigenvalue weighted by molar-refractivity contribution is -0.141. The molecule has 1 fully saturated rings. The predicted octanol–water partition coefficient (Wildman–Crippen LogP) is 1.92. The highest BCUT2D eigenvalue weighted by Gasteiger charge is 2.30. The molecular weight excluding hydrogens is 350 g/mol. The summed E-state index contributed by atoms with van der Waals surface area (Å²) in [6, 6.07) is 2.10. The molecule has 1 N–H and O–H groups in total.